The quantitative estimate of drug-likeness (QED) is 0.905. The molecular formula is C12H16BrFN2. The number of hydrogen-bond donors (Lipinski definition) is 1. The molecule has 1 heterocycles. The Bertz CT molecular complexity index is 373. The zero-order valence-corrected chi connectivity index (χ0v) is 10.9. The van der Waals surface area contributed by atoms with Crippen molar-refractivity contribution in [3.05, 3.63) is 34.1 Å². The molecule has 1 aliphatic rings. The maximum Gasteiger partial charge on any atom is 0.127 e. The molecule has 0 aromatic heterocycles. The smallest absolute Gasteiger partial charge is 0.127 e. The second-order valence-electron chi connectivity index (χ2n) is 4.57. The van der Waals surface area contributed by atoms with Gasteiger partial charge in [-0.2, -0.15) is 0 Å². The minimum absolute atomic E-state index is 0.142. The van der Waals surface area contributed by atoms with Gasteiger partial charge in [-0.05, 0) is 24.1 Å². The van der Waals surface area contributed by atoms with Crippen molar-refractivity contribution in [2.75, 3.05) is 13.1 Å². The predicted octanol–water partition coefficient (Wildman–Crippen LogP) is 2.37. The summed E-state index contributed by atoms with van der Waals surface area (Å²) in [6.45, 7) is 4.59. The van der Waals surface area contributed by atoms with Crippen molar-refractivity contribution in [3.63, 3.8) is 0 Å². The molecular weight excluding hydrogens is 271 g/mol. The molecule has 1 fully saturated rings. The summed E-state index contributed by atoms with van der Waals surface area (Å²) in [5, 5.41) is 0. The molecule has 0 aliphatic carbocycles. The number of rotatable bonds is 2. The summed E-state index contributed by atoms with van der Waals surface area (Å²) in [6.07, 6.45) is 0. The van der Waals surface area contributed by atoms with Gasteiger partial charge in [0.05, 0.1) is 0 Å². The van der Waals surface area contributed by atoms with Crippen molar-refractivity contribution >= 4 is 15.9 Å². The first kappa shape index (κ1) is 12.0. The number of likely N-dealkylation sites (tertiary alicyclic amines) is 1. The van der Waals surface area contributed by atoms with Crippen LogP contribution in [-0.2, 0) is 6.54 Å². The van der Waals surface area contributed by atoms with Gasteiger partial charge in [0.15, 0.2) is 0 Å². The van der Waals surface area contributed by atoms with Gasteiger partial charge in [0.1, 0.15) is 5.82 Å². The van der Waals surface area contributed by atoms with Gasteiger partial charge in [0.25, 0.3) is 0 Å². The number of benzene rings is 1. The largest absolute Gasteiger partial charge is 0.326 e. The van der Waals surface area contributed by atoms with Crippen molar-refractivity contribution < 1.29 is 4.39 Å². The first-order valence-electron chi connectivity index (χ1n) is 5.48. The normalized spacial score (nSPS) is 26.2. The third-order valence-electron chi connectivity index (χ3n) is 3.15. The monoisotopic (exact) mass is 286 g/mol. The lowest BCUT2D eigenvalue weighted by atomic mass is 10.1. The Kier molecular flexibility index (Phi) is 3.62. The Labute approximate surface area is 104 Å². The Morgan fingerprint density at radius 2 is 2.25 bits per heavy atom. The maximum absolute atomic E-state index is 13.5. The minimum Gasteiger partial charge on any atom is -0.326 e. The van der Waals surface area contributed by atoms with Crippen LogP contribution in [0.25, 0.3) is 0 Å². The van der Waals surface area contributed by atoms with Gasteiger partial charge in [-0.15, -0.1) is 0 Å². The van der Waals surface area contributed by atoms with E-state index in [-0.39, 0.29) is 11.9 Å². The van der Waals surface area contributed by atoms with Crippen LogP contribution in [0.15, 0.2) is 22.7 Å². The Hall–Kier alpha value is -0.450. The molecule has 1 aliphatic heterocycles. The van der Waals surface area contributed by atoms with Crippen LogP contribution in [0, 0.1) is 11.7 Å². The van der Waals surface area contributed by atoms with Crippen LogP contribution in [-0.4, -0.2) is 24.0 Å². The van der Waals surface area contributed by atoms with Gasteiger partial charge in [0, 0.05) is 35.7 Å². The summed E-state index contributed by atoms with van der Waals surface area (Å²) < 4.78 is 14.5. The van der Waals surface area contributed by atoms with Gasteiger partial charge >= 0.3 is 0 Å². The lowest BCUT2D eigenvalue weighted by Gasteiger charge is -2.15. The summed E-state index contributed by atoms with van der Waals surface area (Å²) in [6, 6.07) is 5.27. The fraction of sp³-hybridized carbons (Fsp3) is 0.500. The molecule has 1 aromatic carbocycles. The van der Waals surface area contributed by atoms with E-state index in [0.29, 0.717) is 12.5 Å². The predicted molar refractivity (Wildman–Crippen MR) is 66.5 cm³/mol. The molecule has 88 valence electrons. The standard InChI is InChI=1S/C12H16BrFN2/c1-8-5-16(7-12(8)15)6-9-4-10(13)2-3-11(9)14/h2-4,8,12H,5-7,15H2,1H3. The SMILES string of the molecule is CC1CN(Cc2cc(Br)ccc2F)CC1N. The van der Waals surface area contributed by atoms with Crippen molar-refractivity contribution in [1.29, 1.82) is 0 Å². The first-order chi connectivity index (χ1) is 7.56. The second kappa shape index (κ2) is 4.82. The van der Waals surface area contributed by atoms with E-state index in [1.807, 2.05) is 6.07 Å². The molecule has 1 saturated heterocycles. The van der Waals surface area contributed by atoms with Crippen LogP contribution < -0.4 is 5.73 Å². The van der Waals surface area contributed by atoms with Gasteiger partial charge in [-0.25, -0.2) is 4.39 Å². The molecule has 2 unspecified atom stereocenters. The van der Waals surface area contributed by atoms with Crippen LogP contribution in [0.1, 0.15) is 12.5 Å². The summed E-state index contributed by atoms with van der Waals surface area (Å²) >= 11 is 3.36. The zero-order valence-electron chi connectivity index (χ0n) is 9.29. The summed E-state index contributed by atoms with van der Waals surface area (Å²) in [5.41, 5.74) is 6.68. The van der Waals surface area contributed by atoms with E-state index in [1.165, 1.54) is 6.07 Å². The molecule has 2 nitrogen and oxygen atoms in total. The van der Waals surface area contributed by atoms with Crippen molar-refractivity contribution in [2.24, 2.45) is 11.7 Å². The third-order valence-corrected chi connectivity index (χ3v) is 3.64. The Balaban J connectivity index is 2.07. The lowest BCUT2D eigenvalue weighted by Crippen LogP contribution is -2.28. The molecule has 0 radical (unpaired) electrons. The van der Waals surface area contributed by atoms with E-state index >= 15 is 0 Å². The fourth-order valence-electron chi connectivity index (χ4n) is 2.13. The van der Waals surface area contributed by atoms with Crippen LogP contribution in [0.3, 0.4) is 0 Å². The van der Waals surface area contributed by atoms with Crippen molar-refractivity contribution in [1.82, 2.24) is 4.90 Å². The van der Waals surface area contributed by atoms with E-state index in [9.17, 15) is 4.39 Å². The lowest BCUT2D eigenvalue weighted by molar-refractivity contribution is 0.313. The highest BCUT2D eigenvalue weighted by atomic mass is 79.9. The average molecular weight is 287 g/mol. The van der Waals surface area contributed by atoms with Crippen LogP contribution in [0.4, 0.5) is 4.39 Å². The molecule has 0 spiro atoms. The molecule has 16 heavy (non-hydrogen) atoms. The molecule has 2 atom stereocenters. The molecule has 4 heteroatoms. The summed E-state index contributed by atoms with van der Waals surface area (Å²) in [4.78, 5) is 2.21. The Morgan fingerprint density at radius 1 is 1.50 bits per heavy atom. The minimum atomic E-state index is -0.142. The molecule has 0 saturated carbocycles. The fourth-order valence-corrected chi connectivity index (χ4v) is 2.54. The highest BCUT2D eigenvalue weighted by Crippen LogP contribution is 2.21. The molecule has 0 amide bonds. The van der Waals surface area contributed by atoms with Gasteiger partial charge in [-0.3, -0.25) is 4.90 Å². The summed E-state index contributed by atoms with van der Waals surface area (Å²) in [5.74, 6) is 0.353. The van der Waals surface area contributed by atoms with Gasteiger partial charge in [0.2, 0.25) is 0 Å². The highest BCUT2D eigenvalue weighted by Gasteiger charge is 2.26. The number of nitrogens with two attached hydrogens (primary N) is 1. The maximum atomic E-state index is 13.5. The van der Waals surface area contributed by atoms with E-state index in [2.05, 4.69) is 27.8 Å². The number of halogens is 2. The van der Waals surface area contributed by atoms with Crippen molar-refractivity contribution in [3.8, 4) is 0 Å². The molecule has 0 bridgehead atoms. The van der Waals surface area contributed by atoms with E-state index in [0.717, 1.165) is 23.1 Å². The number of hydrogen-bond acceptors (Lipinski definition) is 2. The molecule has 2 rings (SSSR count). The third kappa shape index (κ3) is 2.62. The average Bonchev–Trinajstić information content (AvgIpc) is 2.52. The van der Waals surface area contributed by atoms with E-state index in [1.54, 1.807) is 6.07 Å². The number of nitrogens with zero attached hydrogens (tertiary/aromatic N) is 1. The van der Waals surface area contributed by atoms with Crippen LogP contribution in [0.2, 0.25) is 0 Å². The van der Waals surface area contributed by atoms with E-state index in [4.69, 9.17) is 5.73 Å². The van der Waals surface area contributed by atoms with Gasteiger partial charge in [-0.1, -0.05) is 22.9 Å². The Morgan fingerprint density at radius 3 is 2.88 bits per heavy atom. The van der Waals surface area contributed by atoms with Crippen LogP contribution in [0.5, 0.6) is 0 Å². The topological polar surface area (TPSA) is 29.3 Å². The first-order valence-corrected chi connectivity index (χ1v) is 6.27. The zero-order chi connectivity index (χ0) is 11.7. The van der Waals surface area contributed by atoms with Crippen molar-refractivity contribution in [2.45, 2.75) is 19.5 Å². The van der Waals surface area contributed by atoms with Gasteiger partial charge < -0.3 is 5.73 Å². The second-order valence-corrected chi connectivity index (χ2v) is 5.49. The van der Waals surface area contributed by atoms with E-state index < -0.39 is 0 Å². The molecule has 2 N–H and O–H groups in total. The van der Waals surface area contributed by atoms with Crippen LogP contribution >= 0.6 is 15.9 Å². The molecule has 1 aromatic rings. The highest BCUT2D eigenvalue weighted by molar-refractivity contribution is 9.10. The summed E-state index contributed by atoms with van der Waals surface area (Å²) in [7, 11) is 0.